The molecule has 0 saturated heterocycles. The lowest BCUT2D eigenvalue weighted by Crippen LogP contribution is -2.37. The van der Waals surface area contributed by atoms with Crippen molar-refractivity contribution in [1.82, 2.24) is 5.32 Å². The average molecular weight is 183 g/mol. The zero-order valence-electron chi connectivity index (χ0n) is 6.66. The highest BCUT2D eigenvalue weighted by molar-refractivity contribution is 4.75. The highest BCUT2D eigenvalue weighted by atomic mass is 19.4. The maximum absolute atomic E-state index is 11.4. The highest BCUT2D eigenvalue weighted by Crippen LogP contribution is 2.18. The first-order valence-electron chi connectivity index (χ1n) is 4.02. The molecular formula is C7H12F3NO. The minimum absolute atomic E-state index is 0.282. The Bertz CT molecular complexity index is 133. The van der Waals surface area contributed by atoms with Gasteiger partial charge >= 0.3 is 6.36 Å². The Labute approximate surface area is 69.1 Å². The van der Waals surface area contributed by atoms with Gasteiger partial charge in [0.15, 0.2) is 0 Å². The second kappa shape index (κ2) is 4.09. The monoisotopic (exact) mass is 183 g/mol. The fourth-order valence-electron chi connectivity index (χ4n) is 1.04. The van der Waals surface area contributed by atoms with Crippen molar-refractivity contribution in [3.8, 4) is 0 Å². The van der Waals surface area contributed by atoms with Crippen molar-refractivity contribution < 1.29 is 17.9 Å². The van der Waals surface area contributed by atoms with Crippen molar-refractivity contribution in [2.45, 2.75) is 31.7 Å². The number of hydrogen-bond acceptors (Lipinski definition) is 2. The Kier molecular flexibility index (Phi) is 3.34. The fourth-order valence-corrected chi connectivity index (χ4v) is 1.04. The van der Waals surface area contributed by atoms with E-state index in [-0.39, 0.29) is 13.2 Å². The summed E-state index contributed by atoms with van der Waals surface area (Å²) in [6.07, 6.45) is -1.16. The molecule has 0 radical (unpaired) electrons. The number of nitrogens with one attached hydrogen (secondary N) is 1. The molecule has 0 heterocycles. The summed E-state index contributed by atoms with van der Waals surface area (Å²) in [4.78, 5) is 0. The van der Waals surface area contributed by atoms with Crippen molar-refractivity contribution >= 4 is 0 Å². The molecule has 1 rings (SSSR count). The van der Waals surface area contributed by atoms with Crippen molar-refractivity contribution in [3.63, 3.8) is 0 Å². The Hall–Kier alpha value is -0.290. The van der Waals surface area contributed by atoms with Crippen LogP contribution in [0.1, 0.15) is 19.3 Å². The van der Waals surface area contributed by atoms with Gasteiger partial charge in [0.05, 0.1) is 6.61 Å². The van der Waals surface area contributed by atoms with Crippen molar-refractivity contribution in [2.75, 3.05) is 13.2 Å². The van der Waals surface area contributed by atoms with E-state index in [2.05, 4.69) is 10.1 Å². The maximum Gasteiger partial charge on any atom is 0.522 e. The van der Waals surface area contributed by atoms with E-state index >= 15 is 0 Å². The summed E-state index contributed by atoms with van der Waals surface area (Å²) in [5, 5.41) is 2.97. The lowest BCUT2D eigenvalue weighted by molar-refractivity contribution is -0.323. The van der Waals surface area contributed by atoms with Crippen LogP contribution in [0.15, 0.2) is 0 Å². The predicted octanol–water partition coefficient (Wildman–Crippen LogP) is 1.66. The Morgan fingerprint density at radius 3 is 2.42 bits per heavy atom. The van der Waals surface area contributed by atoms with E-state index in [9.17, 15) is 13.2 Å². The lowest BCUT2D eigenvalue weighted by atomic mass is 9.93. The van der Waals surface area contributed by atoms with Crippen molar-refractivity contribution in [1.29, 1.82) is 0 Å². The van der Waals surface area contributed by atoms with Crippen LogP contribution in [-0.2, 0) is 4.74 Å². The maximum atomic E-state index is 11.4. The third kappa shape index (κ3) is 3.92. The van der Waals surface area contributed by atoms with Crippen molar-refractivity contribution in [3.05, 3.63) is 0 Å². The Morgan fingerprint density at radius 2 is 2.00 bits per heavy atom. The SMILES string of the molecule is FC(F)(F)OCCNC1CCC1. The van der Waals surface area contributed by atoms with Gasteiger partial charge in [-0.2, -0.15) is 0 Å². The molecule has 0 aromatic rings. The molecule has 0 unspecified atom stereocenters. The number of ether oxygens (including phenoxy) is 1. The van der Waals surface area contributed by atoms with E-state index in [1.165, 1.54) is 6.42 Å². The van der Waals surface area contributed by atoms with E-state index < -0.39 is 6.36 Å². The van der Waals surface area contributed by atoms with E-state index in [1.54, 1.807) is 0 Å². The molecule has 0 spiro atoms. The summed E-state index contributed by atoms with van der Waals surface area (Å²) >= 11 is 0. The fraction of sp³-hybridized carbons (Fsp3) is 1.00. The van der Waals surface area contributed by atoms with Crippen LogP contribution >= 0.6 is 0 Å². The lowest BCUT2D eigenvalue weighted by Gasteiger charge is -2.26. The standard InChI is InChI=1S/C7H12F3NO/c8-7(9,10)12-5-4-11-6-2-1-3-6/h6,11H,1-5H2. The third-order valence-electron chi connectivity index (χ3n) is 1.91. The van der Waals surface area contributed by atoms with E-state index in [0.29, 0.717) is 6.04 Å². The summed E-state index contributed by atoms with van der Waals surface area (Å²) in [5.41, 5.74) is 0. The molecule has 1 N–H and O–H groups in total. The predicted molar refractivity (Wildman–Crippen MR) is 37.6 cm³/mol. The van der Waals surface area contributed by atoms with Gasteiger partial charge in [0.25, 0.3) is 0 Å². The van der Waals surface area contributed by atoms with Crippen LogP contribution in [0.2, 0.25) is 0 Å². The first-order valence-corrected chi connectivity index (χ1v) is 4.02. The van der Waals surface area contributed by atoms with Gasteiger partial charge in [0.2, 0.25) is 0 Å². The number of hydrogen-bond donors (Lipinski definition) is 1. The Balaban J connectivity index is 1.88. The van der Waals surface area contributed by atoms with Crippen LogP contribution in [-0.4, -0.2) is 25.6 Å². The summed E-state index contributed by atoms with van der Waals surface area (Å²) < 4.78 is 37.9. The molecule has 1 fully saturated rings. The normalized spacial score (nSPS) is 19.2. The van der Waals surface area contributed by atoms with Gasteiger partial charge in [0, 0.05) is 12.6 Å². The summed E-state index contributed by atoms with van der Waals surface area (Å²) in [7, 11) is 0. The average Bonchev–Trinajstić information content (AvgIpc) is 1.80. The van der Waals surface area contributed by atoms with Crippen LogP contribution in [0.3, 0.4) is 0 Å². The van der Waals surface area contributed by atoms with E-state index in [4.69, 9.17) is 0 Å². The molecule has 0 atom stereocenters. The van der Waals surface area contributed by atoms with Gasteiger partial charge in [-0.05, 0) is 12.8 Å². The molecular weight excluding hydrogens is 171 g/mol. The smallest absolute Gasteiger partial charge is 0.312 e. The van der Waals surface area contributed by atoms with Gasteiger partial charge < -0.3 is 5.32 Å². The van der Waals surface area contributed by atoms with E-state index in [0.717, 1.165) is 12.8 Å². The minimum Gasteiger partial charge on any atom is -0.312 e. The molecule has 0 amide bonds. The Morgan fingerprint density at radius 1 is 1.33 bits per heavy atom. The molecule has 1 aliphatic carbocycles. The van der Waals surface area contributed by atoms with Crippen LogP contribution in [0, 0.1) is 0 Å². The molecule has 0 aliphatic heterocycles. The zero-order valence-corrected chi connectivity index (χ0v) is 6.66. The minimum atomic E-state index is -4.48. The topological polar surface area (TPSA) is 21.3 Å². The molecule has 0 aromatic carbocycles. The molecule has 0 bridgehead atoms. The first kappa shape index (κ1) is 9.80. The van der Waals surface area contributed by atoms with Crippen LogP contribution in [0.5, 0.6) is 0 Å². The quantitative estimate of drug-likeness (QED) is 0.669. The van der Waals surface area contributed by atoms with Gasteiger partial charge in [-0.25, -0.2) is 0 Å². The molecule has 0 aromatic heterocycles. The second-order valence-corrected chi connectivity index (χ2v) is 2.88. The second-order valence-electron chi connectivity index (χ2n) is 2.88. The van der Waals surface area contributed by atoms with Gasteiger partial charge in [-0.3, -0.25) is 4.74 Å². The largest absolute Gasteiger partial charge is 0.522 e. The third-order valence-corrected chi connectivity index (χ3v) is 1.91. The molecule has 5 heteroatoms. The van der Waals surface area contributed by atoms with Crippen molar-refractivity contribution in [2.24, 2.45) is 0 Å². The summed E-state index contributed by atoms with van der Waals surface area (Å²) in [6, 6.07) is 0.418. The molecule has 12 heavy (non-hydrogen) atoms. The van der Waals surface area contributed by atoms with Crippen LogP contribution in [0.25, 0.3) is 0 Å². The first-order chi connectivity index (χ1) is 5.58. The highest BCUT2D eigenvalue weighted by Gasteiger charge is 2.28. The molecule has 1 aliphatic rings. The molecule has 1 saturated carbocycles. The van der Waals surface area contributed by atoms with Gasteiger partial charge in [-0.1, -0.05) is 6.42 Å². The molecule has 2 nitrogen and oxygen atoms in total. The molecule has 72 valence electrons. The van der Waals surface area contributed by atoms with Crippen LogP contribution < -0.4 is 5.32 Å². The number of alkyl halides is 3. The number of rotatable bonds is 4. The summed E-state index contributed by atoms with van der Waals surface area (Å²) in [6.45, 7) is -0.00975. The zero-order chi connectivity index (χ0) is 9.03. The summed E-state index contributed by atoms with van der Waals surface area (Å²) in [5.74, 6) is 0. The number of halogens is 3. The van der Waals surface area contributed by atoms with Gasteiger partial charge in [-0.15, -0.1) is 13.2 Å². The van der Waals surface area contributed by atoms with E-state index in [1.807, 2.05) is 0 Å². The van der Waals surface area contributed by atoms with Crippen LogP contribution in [0.4, 0.5) is 13.2 Å². The van der Waals surface area contributed by atoms with Gasteiger partial charge in [0.1, 0.15) is 0 Å².